The zero-order chi connectivity index (χ0) is 18.9. The number of likely N-dealkylation sites (N-methyl/N-ethyl adjacent to an activating group) is 1. The standard InChI is InChI=1S/C20H24Cl2N2O2/c1-24(2)11-12-26-18-8-3-15(4-9-18)14-23-20(25)10-6-16-5-7-17(21)13-19(16)22/h3-5,7-9,13H,6,10-12,14H2,1-2H3,(H,23,25). The number of hydrogen-bond acceptors (Lipinski definition) is 3. The molecular formula is C20H24Cl2N2O2. The topological polar surface area (TPSA) is 41.6 Å². The van der Waals surface area contributed by atoms with E-state index in [1.165, 1.54) is 0 Å². The van der Waals surface area contributed by atoms with Gasteiger partial charge in [-0.2, -0.15) is 0 Å². The van der Waals surface area contributed by atoms with Gasteiger partial charge >= 0.3 is 0 Å². The predicted octanol–water partition coefficient (Wildman–Crippen LogP) is 4.18. The quantitative estimate of drug-likeness (QED) is 0.693. The summed E-state index contributed by atoms with van der Waals surface area (Å²) >= 11 is 12.0. The van der Waals surface area contributed by atoms with Crippen LogP contribution in [0.5, 0.6) is 5.75 Å². The highest BCUT2D eigenvalue weighted by Crippen LogP contribution is 2.22. The van der Waals surface area contributed by atoms with Crippen LogP contribution in [-0.2, 0) is 17.8 Å². The molecule has 26 heavy (non-hydrogen) atoms. The van der Waals surface area contributed by atoms with Gasteiger partial charge in [-0.3, -0.25) is 4.79 Å². The average molecular weight is 395 g/mol. The van der Waals surface area contributed by atoms with Gasteiger partial charge in [-0.05, 0) is 55.9 Å². The lowest BCUT2D eigenvalue weighted by Crippen LogP contribution is -2.23. The minimum Gasteiger partial charge on any atom is -0.492 e. The number of carbonyl (C=O) groups is 1. The molecule has 0 aliphatic carbocycles. The van der Waals surface area contributed by atoms with Gasteiger partial charge in [-0.1, -0.05) is 41.4 Å². The smallest absolute Gasteiger partial charge is 0.220 e. The maximum absolute atomic E-state index is 12.0. The second-order valence-electron chi connectivity index (χ2n) is 6.31. The number of ether oxygens (including phenoxy) is 1. The van der Waals surface area contributed by atoms with Crippen LogP contribution in [0.2, 0.25) is 10.0 Å². The van der Waals surface area contributed by atoms with Crippen molar-refractivity contribution in [1.29, 1.82) is 0 Å². The lowest BCUT2D eigenvalue weighted by molar-refractivity contribution is -0.121. The van der Waals surface area contributed by atoms with E-state index in [0.29, 0.717) is 36.0 Å². The van der Waals surface area contributed by atoms with E-state index in [9.17, 15) is 4.79 Å². The number of hydrogen-bond donors (Lipinski definition) is 1. The maximum Gasteiger partial charge on any atom is 0.220 e. The molecule has 0 saturated carbocycles. The van der Waals surface area contributed by atoms with Crippen LogP contribution in [0.3, 0.4) is 0 Å². The van der Waals surface area contributed by atoms with Crippen molar-refractivity contribution in [3.05, 3.63) is 63.6 Å². The van der Waals surface area contributed by atoms with E-state index < -0.39 is 0 Å². The molecule has 0 unspecified atom stereocenters. The lowest BCUT2D eigenvalue weighted by Gasteiger charge is -2.11. The fourth-order valence-electron chi connectivity index (χ4n) is 2.31. The van der Waals surface area contributed by atoms with Gasteiger partial charge < -0.3 is 15.0 Å². The Morgan fingerprint density at radius 3 is 2.50 bits per heavy atom. The van der Waals surface area contributed by atoms with Gasteiger partial charge in [0.2, 0.25) is 5.91 Å². The molecule has 0 spiro atoms. The molecule has 0 radical (unpaired) electrons. The van der Waals surface area contributed by atoms with Gasteiger partial charge in [-0.15, -0.1) is 0 Å². The second kappa shape index (κ2) is 10.4. The Kier molecular flexibility index (Phi) is 8.23. The van der Waals surface area contributed by atoms with E-state index >= 15 is 0 Å². The number of halogens is 2. The number of amides is 1. The molecule has 0 heterocycles. The molecule has 0 bridgehead atoms. The van der Waals surface area contributed by atoms with Gasteiger partial charge in [-0.25, -0.2) is 0 Å². The number of rotatable bonds is 9. The van der Waals surface area contributed by atoms with Gasteiger partial charge in [0.05, 0.1) is 0 Å². The van der Waals surface area contributed by atoms with E-state index in [0.717, 1.165) is 23.4 Å². The molecule has 2 aromatic carbocycles. The van der Waals surface area contributed by atoms with Crippen molar-refractivity contribution in [3.63, 3.8) is 0 Å². The average Bonchev–Trinajstić information content (AvgIpc) is 2.60. The Balaban J connectivity index is 1.73. The number of aryl methyl sites for hydroxylation is 1. The summed E-state index contributed by atoms with van der Waals surface area (Å²) in [5.41, 5.74) is 1.95. The lowest BCUT2D eigenvalue weighted by atomic mass is 10.1. The molecular weight excluding hydrogens is 371 g/mol. The molecule has 0 saturated heterocycles. The normalized spacial score (nSPS) is 10.8. The number of carbonyl (C=O) groups excluding carboxylic acids is 1. The highest BCUT2D eigenvalue weighted by Gasteiger charge is 2.06. The van der Waals surface area contributed by atoms with E-state index in [1.807, 2.05) is 44.4 Å². The molecule has 0 aliphatic rings. The Bertz CT molecular complexity index is 718. The Labute approximate surface area is 165 Å². The first-order valence-electron chi connectivity index (χ1n) is 8.51. The van der Waals surface area contributed by atoms with Crippen molar-refractivity contribution in [3.8, 4) is 5.75 Å². The third kappa shape index (κ3) is 7.24. The minimum atomic E-state index is -0.0117. The SMILES string of the molecule is CN(C)CCOc1ccc(CNC(=O)CCc2ccc(Cl)cc2Cl)cc1. The van der Waals surface area contributed by atoms with Crippen LogP contribution < -0.4 is 10.1 Å². The molecule has 0 fully saturated rings. The van der Waals surface area contributed by atoms with E-state index in [2.05, 4.69) is 10.2 Å². The molecule has 1 N–H and O–H groups in total. The molecule has 2 rings (SSSR count). The number of nitrogens with zero attached hydrogens (tertiary/aromatic N) is 1. The summed E-state index contributed by atoms with van der Waals surface area (Å²) in [5, 5.41) is 4.11. The van der Waals surface area contributed by atoms with Gasteiger partial charge in [0, 0.05) is 29.6 Å². The fraction of sp³-hybridized carbons (Fsp3) is 0.350. The van der Waals surface area contributed by atoms with Crippen molar-refractivity contribution >= 4 is 29.1 Å². The monoisotopic (exact) mass is 394 g/mol. The molecule has 0 aliphatic heterocycles. The highest BCUT2D eigenvalue weighted by atomic mass is 35.5. The second-order valence-corrected chi connectivity index (χ2v) is 7.15. The molecule has 0 aromatic heterocycles. The van der Waals surface area contributed by atoms with Crippen molar-refractivity contribution in [2.75, 3.05) is 27.2 Å². The van der Waals surface area contributed by atoms with Crippen LogP contribution in [0.4, 0.5) is 0 Å². The van der Waals surface area contributed by atoms with Crippen molar-refractivity contribution in [2.24, 2.45) is 0 Å². The summed E-state index contributed by atoms with van der Waals surface area (Å²) in [6, 6.07) is 13.1. The summed E-state index contributed by atoms with van der Waals surface area (Å²) in [4.78, 5) is 14.1. The van der Waals surface area contributed by atoms with Crippen molar-refractivity contribution in [1.82, 2.24) is 10.2 Å². The molecule has 140 valence electrons. The first-order chi connectivity index (χ1) is 12.4. The first kappa shape index (κ1) is 20.6. The van der Waals surface area contributed by atoms with Crippen LogP contribution in [0.25, 0.3) is 0 Å². The molecule has 0 atom stereocenters. The summed E-state index contributed by atoms with van der Waals surface area (Å²) in [5.74, 6) is 0.821. The van der Waals surface area contributed by atoms with E-state index in [1.54, 1.807) is 12.1 Å². The largest absolute Gasteiger partial charge is 0.492 e. The third-order valence-corrected chi connectivity index (χ3v) is 4.44. The van der Waals surface area contributed by atoms with Crippen molar-refractivity contribution in [2.45, 2.75) is 19.4 Å². The van der Waals surface area contributed by atoms with Crippen LogP contribution in [0, 0.1) is 0 Å². The van der Waals surface area contributed by atoms with Gasteiger partial charge in [0.15, 0.2) is 0 Å². The highest BCUT2D eigenvalue weighted by molar-refractivity contribution is 6.35. The Morgan fingerprint density at radius 2 is 1.85 bits per heavy atom. The molecule has 4 nitrogen and oxygen atoms in total. The predicted molar refractivity (Wildman–Crippen MR) is 107 cm³/mol. The van der Waals surface area contributed by atoms with E-state index in [-0.39, 0.29) is 5.91 Å². The minimum absolute atomic E-state index is 0.0117. The maximum atomic E-state index is 12.0. The van der Waals surface area contributed by atoms with Crippen LogP contribution in [0.15, 0.2) is 42.5 Å². The molecule has 2 aromatic rings. The Morgan fingerprint density at radius 1 is 1.12 bits per heavy atom. The number of benzene rings is 2. The number of nitrogens with one attached hydrogen (secondary N) is 1. The summed E-state index contributed by atoms with van der Waals surface area (Å²) in [6.45, 7) is 2.01. The van der Waals surface area contributed by atoms with Gasteiger partial charge in [0.25, 0.3) is 0 Å². The molecule has 6 heteroatoms. The van der Waals surface area contributed by atoms with Crippen LogP contribution in [0.1, 0.15) is 17.5 Å². The first-order valence-corrected chi connectivity index (χ1v) is 9.27. The summed E-state index contributed by atoms with van der Waals surface area (Å²) < 4.78 is 5.65. The summed E-state index contributed by atoms with van der Waals surface area (Å²) in [6.07, 6.45) is 0.966. The Hall–Kier alpha value is -1.75. The van der Waals surface area contributed by atoms with Crippen LogP contribution in [-0.4, -0.2) is 38.1 Å². The fourth-order valence-corrected chi connectivity index (χ4v) is 2.81. The third-order valence-electron chi connectivity index (χ3n) is 3.86. The molecule has 1 amide bonds. The summed E-state index contributed by atoms with van der Waals surface area (Å²) in [7, 11) is 4.02. The van der Waals surface area contributed by atoms with Crippen LogP contribution >= 0.6 is 23.2 Å². The van der Waals surface area contributed by atoms with Gasteiger partial charge in [0.1, 0.15) is 12.4 Å². The zero-order valence-corrected chi connectivity index (χ0v) is 16.6. The van der Waals surface area contributed by atoms with E-state index in [4.69, 9.17) is 27.9 Å². The zero-order valence-electron chi connectivity index (χ0n) is 15.1. The van der Waals surface area contributed by atoms with Crippen molar-refractivity contribution < 1.29 is 9.53 Å².